The summed E-state index contributed by atoms with van der Waals surface area (Å²) in [6.07, 6.45) is 0. The van der Waals surface area contributed by atoms with E-state index in [1.807, 2.05) is 6.92 Å². The van der Waals surface area contributed by atoms with E-state index in [1.54, 1.807) is 24.3 Å². The fourth-order valence-electron chi connectivity index (χ4n) is 1.81. The van der Waals surface area contributed by atoms with Crippen molar-refractivity contribution in [2.24, 2.45) is 0 Å². The standard InChI is InChI=1S/C15H16ClNO4S/c1-3-21-12-6-4-11(5-7-12)17-22(18,19)13-8-9-15(20-2)14(16)10-13/h4-10,17H,3H2,1-2H3. The summed E-state index contributed by atoms with van der Waals surface area (Å²) in [5.41, 5.74) is 0.440. The fraction of sp³-hybridized carbons (Fsp3) is 0.200. The van der Waals surface area contributed by atoms with Gasteiger partial charge in [-0.15, -0.1) is 0 Å². The maximum absolute atomic E-state index is 12.3. The molecule has 22 heavy (non-hydrogen) atoms. The average molecular weight is 342 g/mol. The van der Waals surface area contributed by atoms with Crippen molar-refractivity contribution < 1.29 is 17.9 Å². The zero-order valence-corrected chi connectivity index (χ0v) is 13.7. The van der Waals surface area contributed by atoms with Crippen LogP contribution < -0.4 is 14.2 Å². The lowest BCUT2D eigenvalue weighted by Crippen LogP contribution is -2.13. The molecule has 0 atom stereocenters. The van der Waals surface area contributed by atoms with Crippen LogP contribution in [0.15, 0.2) is 47.4 Å². The molecule has 0 spiro atoms. The predicted octanol–water partition coefficient (Wildman–Crippen LogP) is 3.55. The number of rotatable bonds is 6. The summed E-state index contributed by atoms with van der Waals surface area (Å²) in [5.74, 6) is 1.10. The maximum Gasteiger partial charge on any atom is 0.261 e. The molecule has 2 aromatic carbocycles. The zero-order valence-electron chi connectivity index (χ0n) is 12.2. The second-order valence-corrected chi connectivity index (χ2v) is 6.45. The smallest absolute Gasteiger partial charge is 0.261 e. The third-order valence-electron chi connectivity index (χ3n) is 2.85. The molecule has 0 amide bonds. The molecule has 0 saturated heterocycles. The van der Waals surface area contributed by atoms with E-state index in [-0.39, 0.29) is 9.92 Å². The van der Waals surface area contributed by atoms with Crippen molar-refractivity contribution in [3.05, 3.63) is 47.5 Å². The van der Waals surface area contributed by atoms with Crippen LogP contribution in [0.5, 0.6) is 11.5 Å². The first-order valence-electron chi connectivity index (χ1n) is 6.55. The highest BCUT2D eigenvalue weighted by Gasteiger charge is 2.16. The number of anilines is 1. The van der Waals surface area contributed by atoms with Crippen LogP contribution in [0.4, 0.5) is 5.69 Å². The van der Waals surface area contributed by atoms with Gasteiger partial charge >= 0.3 is 0 Å². The fourth-order valence-corrected chi connectivity index (χ4v) is 3.22. The summed E-state index contributed by atoms with van der Waals surface area (Å²) in [7, 11) is -2.25. The zero-order chi connectivity index (χ0) is 16.2. The van der Waals surface area contributed by atoms with E-state index >= 15 is 0 Å². The molecule has 0 unspecified atom stereocenters. The molecule has 7 heteroatoms. The normalized spacial score (nSPS) is 11.0. The van der Waals surface area contributed by atoms with Crippen LogP contribution in [0.25, 0.3) is 0 Å². The van der Waals surface area contributed by atoms with E-state index in [0.717, 1.165) is 0 Å². The first kappa shape index (κ1) is 16.5. The number of hydrogen-bond acceptors (Lipinski definition) is 4. The summed E-state index contributed by atoms with van der Waals surface area (Å²) in [5, 5.41) is 0.233. The van der Waals surface area contributed by atoms with Gasteiger partial charge in [0.05, 0.1) is 23.6 Å². The van der Waals surface area contributed by atoms with E-state index in [0.29, 0.717) is 23.8 Å². The predicted molar refractivity (Wildman–Crippen MR) is 86.4 cm³/mol. The van der Waals surface area contributed by atoms with E-state index in [9.17, 15) is 8.42 Å². The highest BCUT2D eigenvalue weighted by Crippen LogP contribution is 2.28. The van der Waals surface area contributed by atoms with Crippen LogP contribution >= 0.6 is 11.6 Å². The lowest BCUT2D eigenvalue weighted by molar-refractivity contribution is 0.340. The van der Waals surface area contributed by atoms with Gasteiger partial charge in [-0.05, 0) is 49.4 Å². The third kappa shape index (κ3) is 3.84. The monoisotopic (exact) mass is 341 g/mol. The number of ether oxygens (including phenoxy) is 2. The Hall–Kier alpha value is -1.92. The van der Waals surface area contributed by atoms with Crippen LogP contribution in [0, 0.1) is 0 Å². The van der Waals surface area contributed by atoms with E-state index in [1.165, 1.54) is 25.3 Å². The van der Waals surface area contributed by atoms with Crippen molar-refractivity contribution >= 4 is 27.3 Å². The molecule has 5 nitrogen and oxygen atoms in total. The second-order valence-electron chi connectivity index (χ2n) is 4.36. The summed E-state index contributed by atoms with van der Waals surface area (Å²) < 4.78 is 37.4. The molecule has 0 aliphatic carbocycles. The topological polar surface area (TPSA) is 64.6 Å². The van der Waals surface area contributed by atoms with Crippen molar-refractivity contribution in [3.8, 4) is 11.5 Å². The van der Waals surface area contributed by atoms with Crippen molar-refractivity contribution in [1.29, 1.82) is 0 Å². The molecular weight excluding hydrogens is 326 g/mol. The molecule has 0 heterocycles. The van der Waals surface area contributed by atoms with Crippen LogP contribution in [0.2, 0.25) is 5.02 Å². The van der Waals surface area contributed by atoms with Crippen molar-refractivity contribution in [2.75, 3.05) is 18.4 Å². The average Bonchev–Trinajstić information content (AvgIpc) is 2.49. The van der Waals surface area contributed by atoms with Gasteiger partial charge in [-0.25, -0.2) is 8.42 Å². The molecule has 1 N–H and O–H groups in total. The second kappa shape index (κ2) is 6.89. The number of nitrogens with one attached hydrogen (secondary N) is 1. The Balaban J connectivity index is 2.21. The molecule has 0 aliphatic rings. The van der Waals surface area contributed by atoms with Crippen LogP contribution in [0.1, 0.15) is 6.92 Å². The van der Waals surface area contributed by atoms with Crippen LogP contribution in [-0.4, -0.2) is 22.1 Å². The van der Waals surface area contributed by atoms with E-state index in [4.69, 9.17) is 21.1 Å². The maximum atomic E-state index is 12.3. The molecule has 2 aromatic rings. The molecule has 2 rings (SSSR count). The first-order chi connectivity index (χ1) is 10.5. The van der Waals surface area contributed by atoms with E-state index < -0.39 is 10.0 Å². The number of methoxy groups -OCH3 is 1. The van der Waals surface area contributed by atoms with Gasteiger partial charge in [0, 0.05) is 5.69 Å². The molecule has 0 aliphatic heterocycles. The SMILES string of the molecule is CCOc1ccc(NS(=O)(=O)c2ccc(OC)c(Cl)c2)cc1. The van der Waals surface area contributed by atoms with Crippen LogP contribution in [0.3, 0.4) is 0 Å². The van der Waals surface area contributed by atoms with Gasteiger partial charge in [-0.1, -0.05) is 11.6 Å². The lowest BCUT2D eigenvalue weighted by Gasteiger charge is -2.10. The summed E-state index contributed by atoms with van der Waals surface area (Å²) in [6.45, 7) is 2.43. The number of hydrogen-bond donors (Lipinski definition) is 1. The van der Waals surface area contributed by atoms with Gasteiger partial charge < -0.3 is 9.47 Å². The summed E-state index contributed by atoms with van der Waals surface area (Å²) in [4.78, 5) is 0.0622. The molecule has 0 radical (unpaired) electrons. The Kier molecular flexibility index (Phi) is 5.15. The van der Waals surface area contributed by atoms with Gasteiger partial charge in [0.1, 0.15) is 11.5 Å². The Bertz CT molecular complexity index is 745. The minimum atomic E-state index is -3.72. The Morgan fingerprint density at radius 1 is 1.14 bits per heavy atom. The Morgan fingerprint density at radius 3 is 2.36 bits per heavy atom. The van der Waals surface area contributed by atoms with Gasteiger partial charge in [0.15, 0.2) is 0 Å². The number of benzene rings is 2. The quantitative estimate of drug-likeness (QED) is 0.872. The molecule has 118 valence electrons. The number of halogens is 1. The largest absolute Gasteiger partial charge is 0.495 e. The van der Waals surface area contributed by atoms with Gasteiger partial charge in [-0.2, -0.15) is 0 Å². The van der Waals surface area contributed by atoms with Crippen molar-refractivity contribution in [3.63, 3.8) is 0 Å². The third-order valence-corrected chi connectivity index (χ3v) is 4.53. The molecule has 0 aromatic heterocycles. The van der Waals surface area contributed by atoms with Gasteiger partial charge in [-0.3, -0.25) is 4.72 Å². The van der Waals surface area contributed by atoms with Crippen molar-refractivity contribution in [2.45, 2.75) is 11.8 Å². The first-order valence-corrected chi connectivity index (χ1v) is 8.41. The highest BCUT2D eigenvalue weighted by molar-refractivity contribution is 7.92. The lowest BCUT2D eigenvalue weighted by atomic mass is 10.3. The minimum Gasteiger partial charge on any atom is -0.495 e. The van der Waals surface area contributed by atoms with Crippen LogP contribution in [-0.2, 0) is 10.0 Å². The molecular formula is C15H16ClNO4S. The molecule has 0 bridgehead atoms. The minimum absolute atomic E-state index is 0.0622. The summed E-state index contributed by atoms with van der Waals surface area (Å²) >= 11 is 5.96. The molecule has 0 saturated carbocycles. The Morgan fingerprint density at radius 2 is 1.82 bits per heavy atom. The van der Waals surface area contributed by atoms with Gasteiger partial charge in [0.25, 0.3) is 10.0 Å². The van der Waals surface area contributed by atoms with Gasteiger partial charge in [0.2, 0.25) is 0 Å². The highest BCUT2D eigenvalue weighted by atomic mass is 35.5. The molecule has 0 fully saturated rings. The van der Waals surface area contributed by atoms with Crippen molar-refractivity contribution in [1.82, 2.24) is 0 Å². The van der Waals surface area contributed by atoms with E-state index in [2.05, 4.69) is 4.72 Å². The Labute approximate surface area is 134 Å². The number of sulfonamides is 1. The summed E-state index contributed by atoms with van der Waals surface area (Å²) in [6, 6.07) is 10.9.